The molecule has 2 aromatic carbocycles. The van der Waals surface area contributed by atoms with Crippen LogP contribution >= 0.6 is 0 Å². The third-order valence-corrected chi connectivity index (χ3v) is 6.53. The highest BCUT2D eigenvalue weighted by Gasteiger charge is 2.41. The Kier molecular flexibility index (Phi) is 7.40. The first-order valence-electron chi connectivity index (χ1n) is 10.8. The molecule has 0 bridgehead atoms. The summed E-state index contributed by atoms with van der Waals surface area (Å²) in [6.45, 7) is 2.94. The van der Waals surface area contributed by atoms with Crippen molar-refractivity contribution in [2.75, 3.05) is 20.2 Å². The number of carbonyl (C=O) groups is 1. The first kappa shape index (κ1) is 26.8. The maximum absolute atomic E-state index is 13.6. The van der Waals surface area contributed by atoms with Crippen LogP contribution in [0.3, 0.4) is 0 Å². The van der Waals surface area contributed by atoms with Gasteiger partial charge in [0.1, 0.15) is 5.82 Å². The Labute approximate surface area is 197 Å². The van der Waals surface area contributed by atoms with Gasteiger partial charge in [0, 0.05) is 26.1 Å². The van der Waals surface area contributed by atoms with Gasteiger partial charge in [-0.15, -0.1) is 0 Å². The Morgan fingerprint density at radius 1 is 1.09 bits per heavy atom. The van der Waals surface area contributed by atoms with Crippen molar-refractivity contribution in [1.29, 1.82) is 0 Å². The SMILES string of the molecule is Cc1cc(F)ccc1[C@@H]1[C@@H](CO)CCN1C(=O)N(C)[C@H](C)c1cc(C(F)(F)F)cc(C(F)(F)F)c1. The second-order valence-corrected chi connectivity index (χ2v) is 8.78. The van der Waals surface area contributed by atoms with Crippen LogP contribution in [0.2, 0.25) is 0 Å². The lowest BCUT2D eigenvalue weighted by molar-refractivity contribution is -0.143. The van der Waals surface area contributed by atoms with Crippen LogP contribution in [0.25, 0.3) is 0 Å². The van der Waals surface area contributed by atoms with Crippen LogP contribution in [-0.4, -0.2) is 41.1 Å². The minimum Gasteiger partial charge on any atom is -0.396 e. The normalized spacial score (nSPS) is 19.7. The predicted molar refractivity (Wildman–Crippen MR) is 114 cm³/mol. The lowest BCUT2D eigenvalue weighted by Crippen LogP contribution is -2.43. The van der Waals surface area contributed by atoms with Gasteiger partial charge < -0.3 is 14.9 Å². The summed E-state index contributed by atoms with van der Waals surface area (Å²) in [5.41, 5.74) is -2.09. The molecule has 1 N–H and O–H groups in total. The van der Waals surface area contributed by atoms with E-state index in [4.69, 9.17) is 0 Å². The minimum absolute atomic E-state index is 0.0394. The maximum atomic E-state index is 13.6. The first-order chi connectivity index (χ1) is 16.1. The van der Waals surface area contributed by atoms with Gasteiger partial charge in [-0.25, -0.2) is 9.18 Å². The molecule has 0 unspecified atom stereocenters. The molecule has 1 saturated heterocycles. The van der Waals surface area contributed by atoms with Gasteiger partial charge in [-0.05, 0) is 67.3 Å². The van der Waals surface area contributed by atoms with Crippen LogP contribution in [0.1, 0.15) is 53.2 Å². The number of hydrogen-bond donors (Lipinski definition) is 1. The van der Waals surface area contributed by atoms with Crippen molar-refractivity contribution in [3.63, 3.8) is 0 Å². The van der Waals surface area contributed by atoms with Gasteiger partial charge in [0.25, 0.3) is 0 Å². The molecular weight excluding hydrogens is 481 g/mol. The summed E-state index contributed by atoms with van der Waals surface area (Å²) in [6.07, 6.45) is -9.59. The smallest absolute Gasteiger partial charge is 0.396 e. The molecule has 3 rings (SSSR count). The number of alkyl halides is 6. The molecule has 1 fully saturated rings. The number of amides is 2. The molecule has 0 spiro atoms. The molecule has 35 heavy (non-hydrogen) atoms. The van der Waals surface area contributed by atoms with Crippen molar-refractivity contribution in [1.82, 2.24) is 9.80 Å². The van der Waals surface area contributed by atoms with Gasteiger partial charge in [0.15, 0.2) is 0 Å². The second-order valence-electron chi connectivity index (χ2n) is 8.78. The topological polar surface area (TPSA) is 43.8 Å². The van der Waals surface area contributed by atoms with Crippen molar-refractivity contribution >= 4 is 6.03 Å². The van der Waals surface area contributed by atoms with Crippen LogP contribution in [0.5, 0.6) is 0 Å². The van der Waals surface area contributed by atoms with E-state index in [1.807, 2.05) is 0 Å². The van der Waals surface area contributed by atoms with E-state index in [1.165, 1.54) is 37.1 Å². The first-order valence-corrected chi connectivity index (χ1v) is 10.8. The van der Waals surface area contributed by atoms with Crippen molar-refractivity contribution in [3.05, 3.63) is 70.0 Å². The van der Waals surface area contributed by atoms with Crippen molar-refractivity contribution in [2.45, 2.75) is 44.7 Å². The second kappa shape index (κ2) is 9.67. The zero-order valence-electron chi connectivity index (χ0n) is 19.2. The van der Waals surface area contributed by atoms with Crippen molar-refractivity contribution in [3.8, 4) is 0 Å². The van der Waals surface area contributed by atoms with Crippen molar-refractivity contribution < 1.29 is 40.6 Å². The summed E-state index contributed by atoms with van der Waals surface area (Å²) in [6, 6.07) is 2.88. The predicted octanol–water partition coefficient (Wildman–Crippen LogP) is 6.34. The fourth-order valence-corrected chi connectivity index (χ4v) is 4.47. The molecule has 0 aliphatic carbocycles. The third-order valence-electron chi connectivity index (χ3n) is 6.53. The number of carbonyl (C=O) groups excluding carboxylic acids is 1. The number of halogens is 7. The monoisotopic (exact) mass is 506 g/mol. The molecule has 2 amide bonds. The van der Waals surface area contributed by atoms with E-state index in [9.17, 15) is 40.6 Å². The number of aliphatic hydroxyl groups is 1. The number of hydrogen-bond acceptors (Lipinski definition) is 2. The van der Waals surface area contributed by atoms with E-state index in [0.717, 1.165) is 4.90 Å². The highest BCUT2D eigenvalue weighted by atomic mass is 19.4. The summed E-state index contributed by atoms with van der Waals surface area (Å²) in [7, 11) is 1.29. The van der Waals surface area contributed by atoms with E-state index >= 15 is 0 Å². The van der Waals surface area contributed by atoms with Crippen LogP contribution in [0, 0.1) is 18.7 Å². The number of benzene rings is 2. The Balaban J connectivity index is 1.96. The summed E-state index contributed by atoms with van der Waals surface area (Å²) in [4.78, 5) is 15.9. The van der Waals surface area contributed by atoms with Gasteiger partial charge in [-0.1, -0.05) is 6.07 Å². The molecule has 0 saturated carbocycles. The lowest BCUT2D eigenvalue weighted by Gasteiger charge is -2.35. The quantitative estimate of drug-likeness (QED) is 0.492. The van der Waals surface area contributed by atoms with E-state index in [1.54, 1.807) is 6.92 Å². The Morgan fingerprint density at radius 3 is 2.14 bits per heavy atom. The molecule has 0 radical (unpaired) electrons. The average Bonchev–Trinajstić information content (AvgIpc) is 3.19. The van der Waals surface area contributed by atoms with E-state index in [-0.39, 0.29) is 30.7 Å². The molecule has 2 aromatic rings. The van der Waals surface area contributed by atoms with Gasteiger partial charge in [0.2, 0.25) is 0 Å². The molecule has 11 heteroatoms. The maximum Gasteiger partial charge on any atom is 0.416 e. The Morgan fingerprint density at radius 2 is 1.66 bits per heavy atom. The molecule has 1 aliphatic rings. The van der Waals surface area contributed by atoms with Crippen LogP contribution in [0.4, 0.5) is 35.5 Å². The van der Waals surface area contributed by atoms with Crippen LogP contribution in [0.15, 0.2) is 36.4 Å². The number of aryl methyl sites for hydroxylation is 1. The lowest BCUT2D eigenvalue weighted by atomic mass is 9.91. The zero-order chi connectivity index (χ0) is 26.3. The number of nitrogens with zero attached hydrogens (tertiary/aromatic N) is 2. The van der Waals surface area contributed by atoms with Gasteiger partial charge in [0.05, 0.1) is 23.2 Å². The zero-order valence-corrected chi connectivity index (χ0v) is 19.2. The summed E-state index contributed by atoms with van der Waals surface area (Å²) >= 11 is 0. The number of rotatable bonds is 4. The van der Waals surface area contributed by atoms with Gasteiger partial charge >= 0.3 is 18.4 Å². The summed E-state index contributed by atoms with van der Waals surface area (Å²) < 4.78 is 93.3. The number of urea groups is 1. The Bertz CT molecular complexity index is 1050. The highest BCUT2D eigenvalue weighted by Crippen LogP contribution is 2.41. The van der Waals surface area contributed by atoms with Crippen LogP contribution < -0.4 is 0 Å². The van der Waals surface area contributed by atoms with E-state index < -0.39 is 47.4 Å². The number of likely N-dealkylation sites (tertiary alicyclic amines) is 1. The average molecular weight is 506 g/mol. The molecule has 0 aromatic heterocycles. The fourth-order valence-electron chi connectivity index (χ4n) is 4.47. The standard InChI is InChI=1S/C24H25F7N2O2/c1-13-8-19(25)4-5-20(13)21-15(12-34)6-7-33(21)22(35)32(3)14(2)16-9-17(23(26,27)28)11-18(10-16)24(29,30)31/h4-5,8-11,14-15,21,34H,6-7,12H2,1-3H3/t14-,15-,21+/m1/s1. The fraction of sp³-hybridized carbons (Fsp3) is 0.458. The van der Waals surface area contributed by atoms with Crippen LogP contribution in [-0.2, 0) is 12.4 Å². The Hall–Kier alpha value is -2.82. The summed E-state index contributed by atoms with van der Waals surface area (Å²) in [5.74, 6) is -0.837. The van der Waals surface area contributed by atoms with E-state index in [0.29, 0.717) is 29.7 Å². The molecule has 3 atom stereocenters. The number of aliphatic hydroxyl groups excluding tert-OH is 1. The summed E-state index contributed by atoms with van der Waals surface area (Å²) in [5, 5.41) is 9.84. The molecule has 1 heterocycles. The van der Waals surface area contributed by atoms with Gasteiger partial charge in [-0.3, -0.25) is 0 Å². The third kappa shape index (κ3) is 5.55. The van der Waals surface area contributed by atoms with Gasteiger partial charge in [-0.2, -0.15) is 26.3 Å². The molecule has 1 aliphatic heterocycles. The molecule has 4 nitrogen and oxygen atoms in total. The molecule has 192 valence electrons. The van der Waals surface area contributed by atoms with E-state index in [2.05, 4.69) is 0 Å². The van der Waals surface area contributed by atoms with Crippen molar-refractivity contribution in [2.24, 2.45) is 5.92 Å². The minimum atomic E-state index is -5.01. The highest BCUT2D eigenvalue weighted by molar-refractivity contribution is 5.76. The molecular formula is C24H25F7N2O2. The largest absolute Gasteiger partial charge is 0.416 e.